The lowest BCUT2D eigenvalue weighted by Gasteiger charge is -2.33. The summed E-state index contributed by atoms with van der Waals surface area (Å²) in [6.45, 7) is 3.73. The number of sulfonamides is 1. The number of benzene rings is 2. The second-order valence-corrected chi connectivity index (χ2v) is 9.08. The van der Waals surface area contributed by atoms with E-state index >= 15 is 0 Å². The molecule has 3 aromatic rings. The Bertz CT molecular complexity index is 1160. The number of rotatable bonds is 5. The Morgan fingerprint density at radius 3 is 2.50 bits per heavy atom. The Kier molecular flexibility index (Phi) is 5.63. The van der Waals surface area contributed by atoms with Crippen LogP contribution in [0.4, 0.5) is 8.78 Å². The zero-order valence-electron chi connectivity index (χ0n) is 16.3. The molecule has 0 aliphatic carbocycles. The van der Waals surface area contributed by atoms with E-state index in [2.05, 4.69) is 10.1 Å². The minimum atomic E-state index is -3.88. The SMILES string of the molecule is Cc1cccc(-c2noc(CN3CCN(S(=O)(=O)c4ccc(F)c(F)c4)CC3)n2)c1. The molecule has 0 radical (unpaired) electrons. The van der Waals surface area contributed by atoms with E-state index in [9.17, 15) is 17.2 Å². The normalized spacial score (nSPS) is 16.1. The second-order valence-electron chi connectivity index (χ2n) is 7.14. The average molecular weight is 434 g/mol. The standard InChI is InChI=1S/C20H20F2N4O3S/c1-14-3-2-4-15(11-14)20-23-19(29-24-20)13-25-7-9-26(10-8-25)30(27,28)16-5-6-17(21)18(22)12-16/h2-6,11-12H,7-10,13H2,1H3. The molecule has 0 N–H and O–H groups in total. The summed E-state index contributed by atoms with van der Waals surface area (Å²) in [7, 11) is -3.88. The minimum absolute atomic E-state index is 0.222. The highest BCUT2D eigenvalue weighted by molar-refractivity contribution is 7.89. The molecule has 158 valence electrons. The van der Waals surface area contributed by atoms with Crippen molar-refractivity contribution in [2.45, 2.75) is 18.4 Å². The lowest BCUT2D eigenvalue weighted by atomic mass is 10.1. The molecular formula is C20H20F2N4O3S. The molecule has 0 amide bonds. The van der Waals surface area contributed by atoms with Crippen LogP contribution in [0.3, 0.4) is 0 Å². The fraction of sp³-hybridized carbons (Fsp3) is 0.300. The van der Waals surface area contributed by atoms with Gasteiger partial charge in [0, 0.05) is 31.7 Å². The summed E-state index contributed by atoms with van der Waals surface area (Å²) >= 11 is 0. The Hall–Kier alpha value is -2.69. The zero-order valence-corrected chi connectivity index (χ0v) is 17.1. The van der Waals surface area contributed by atoms with Crippen LogP contribution in [0.1, 0.15) is 11.5 Å². The lowest BCUT2D eigenvalue weighted by molar-refractivity contribution is 0.163. The van der Waals surface area contributed by atoms with Gasteiger partial charge in [-0.15, -0.1) is 0 Å². The van der Waals surface area contributed by atoms with Gasteiger partial charge in [-0.1, -0.05) is 28.9 Å². The highest BCUT2D eigenvalue weighted by Gasteiger charge is 2.29. The lowest BCUT2D eigenvalue weighted by Crippen LogP contribution is -2.48. The van der Waals surface area contributed by atoms with Crippen molar-refractivity contribution < 1.29 is 21.7 Å². The van der Waals surface area contributed by atoms with Gasteiger partial charge in [-0.25, -0.2) is 17.2 Å². The number of nitrogens with zero attached hydrogens (tertiary/aromatic N) is 4. The van der Waals surface area contributed by atoms with Gasteiger partial charge < -0.3 is 4.52 Å². The molecule has 0 saturated carbocycles. The van der Waals surface area contributed by atoms with Gasteiger partial charge in [0.2, 0.25) is 21.7 Å². The molecule has 2 heterocycles. The first-order chi connectivity index (χ1) is 14.3. The summed E-state index contributed by atoms with van der Waals surface area (Å²) in [6.07, 6.45) is 0. The summed E-state index contributed by atoms with van der Waals surface area (Å²) < 4.78 is 58.5. The Morgan fingerprint density at radius 2 is 1.80 bits per heavy atom. The van der Waals surface area contributed by atoms with Crippen LogP contribution < -0.4 is 0 Å². The van der Waals surface area contributed by atoms with Crippen LogP contribution in [-0.2, 0) is 16.6 Å². The van der Waals surface area contributed by atoms with Crippen molar-refractivity contribution in [2.24, 2.45) is 0 Å². The summed E-state index contributed by atoms with van der Waals surface area (Å²) in [5.74, 6) is -1.31. The second kappa shape index (κ2) is 8.21. The van der Waals surface area contributed by atoms with Crippen molar-refractivity contribution in [1.29, 1.82) is 0 Å². The molecule has 10 heteroatoms. The first-order valence-corrected chi connectivity index (χ1v) is 10.8. The van der Waals surface area contributed by atoms with Crippen LogP contribution in [0.15, 0.2) is 51.9 Å². The van der Waals surface area contributed by atoms with Crippen molar-refractivity contribution in [1.82, 2.24) is 19.3 Å². The van der Waals surface area contributed by atoms with Gasteiger partial charge in [-0.2, -0.15) is 9.29 Å². The van der Waals surface area contributed by atoms with Crippen molar-refractivity contribution >= 4 is 10.0 Å². The smallest absolute Gasteiger partial charge is 0.243 e. The highest BCUT2D eigenvalue weighted by Crippen LogP contribution is 2.21. The molecule has 2 aromatic carbocycles. The maximum atomic E-state index is 13.4. The molecule has 0 unspecified atom stereocenters. The minimum Gasteiger partial charge on any atom is -0.338 e. The predicted molar refractivity (Wildman–Crippen MR) is 105 cm³/mol. The predicted octanol–water partition coefficient (Wildman–Crippen LogP) is 2.83. The fourth-order valence-corrected chi connectivity index (χ4v) is 4.76. The van der Waals surface area contributed by atoms with E-state index < -0.39 is 21.7 Å². The maximum Gasteiger partial charge on any atom is 0.243 e. The fourth-order valence-electron chi connectivity index (χ4n) is 3.33. The van der Waals surface area contributed by atoms with Crippen molar-refractivity contribution in [2.75, 3.05) is 26.2 Å². The number of halogens is 2. The van der Waals surface area contributed by atoms with Gasteiger partial charge in [-0.05, 0) is 31.2 Å². The van der Waals surface area contributed by atoms with Gasteiger partial charge >= 0.3 is 0 Å². The molecule has 0 atom stereocenters. The Balaban J connectivity index is 1.38. The number of aryl methyl sites for hydroxylation is 1. The quantitative estimate of drug-likeness (QED) is 0.615. The van der Waals surface area contributed by atoms with Gasteiger partial charge in [0.05, 0.1) is 11.4 Å². The number of hydrogen-bond acceptors (Lipinski definition) is 6. The molecule has 1 fully saturated rings. The van der Waals surface area contributed by atoms with E-state index in [1.807, 2.05) is 36.1 Å². The molecule has 30 heavy (non-hydrogen) atoms. The van der Waals surface area contributed by atoms with Crippen LogP contribution in [0.5, 0.6) is 0 Å². The first kappa shape index (κ1) is 20.6. The summed E-state index contributed by atoms with van der Waals surface area (Å²) in [5.41, 5.74) is 1.96. The van der Waals surface area contributed by atoms with Crippen LogP contribution >= 0.6 is 0 Å². The average Bonchev–Trinajstić information content (AvgIpc) is 3.19. The first-order valence-electron chi connectivity index (χ1n) is 9.40. The zero-order chi connectivity index (χ0) is 21.3. The number of aromatic nitrogens is 2. The molecule has 0 bridgehead atoms. The van der Waals surface area contributed by atoms with E-state index in [0.717, 1.165) is 23.3 Å². The molecule has 4 rings (SSSR count). The third kappa shape index (κ3) is 4.25. The summed E-state index contributed by atoms with van der Waals surface area (Å²) in [5, 5.41) is 4.02. The summed E-state index contributed by atoms with van der Waals surface area (Å²) in [4.78, 5) is 6.17. The third-order valence-corrected chi connectivity index (χ3v) is 6.86. The van der Waals surface area contributed by atoms with Crippen LogP contribution in [-0.4, -0.2) is 53.9 Å². The molecule has 7 nitrogen and oxygen atoms in total. The van der Waals surface area contributed by atoms with Crippen molar-refractivity contribution in [3.8, 4) is 11.4 Å². The van der Waals surface area contributed by atoms with E-state index in [-0.39, 0.29) is 18.0 Å². The van der Waals surface area contributed by atoms with Gasteiger partial charge in [0.1, 0.15) is 0 Å². The van der Waals surface area contributed by atoms with Crippen molar-refractivity contribution in [3.05, 3.63) is 65.6 Å². The Labute approximate surface area is 173 Å². The largest absolute Gasteiger partial charge is 0.338 e. The van der Waals surface area contributed by atoms with Crippen molar-refractivity contribution in [3.63, 3.8) is 0 Å². The van der Waals surface area contributed by atoms with E-state index in [1.54, 1.807) is 0 Å². The monoisotopic (exact) mass is 434 g/mol. The third-order valence-electron chi connectivity index (χ3n) is 4.96. The van der Waals surface area contributed by atoms with Crippen LogP contribution in [0.2, 0.25) is 0 Å². The van der Waals surface area contributed by atoms with Crippen LogP contribution in [0, 0.1) is 18.6 Å². The Morgan fingerprint density at radius 1 is 1.03 bits per heavy atom. The molecule has 1 aliphatic heterocycles. The molecular weight excluding hydrogens is 414 g/mol. The molecule has 1 saturated heterocycles. The number of piperazine rings is 1. The van der Waals surface area contributed by atoms with E-state index in [4.69, 9.17) is 4.52 Å². The molecule has 1 aliphatic rings. The number of hydrogen-bond donors (Lipinski definition) is 0. The van der Waals surface area contributed by atoms with E-state index in [1.165, 1.54) is 4.31 Å². The summed E-state index contributed by atoms with van der Waals surface area (Å²) in [6, 6.07) is 10.4. The van der Waals surface area contributed by atoms with Gasteiger partial charge in [0.25, 0.3) is 0 Å². The molecule has 0 spiro atoms. The van der Waals surface area contributed by atoms with E-state index in [0.29, 0.717) is 37.4 Å². The molecule has 1 aromatic heterocycles. The topological polar surface area (TPSA) is 79.5 Å². The van der Waals surface area contributed by atoms with Gasteiger partial charge in [-0.3, -0.25) is 4.90 Å². The van der Waals surface area contributed by atoms with Crippen LogP contribution in [0.25, 0.3) is 11.4 Å². The maximum absolute atomic E-state index is 13.4. The van der Waals surface area contributed by atoms with Gasteiger partial charge in [0.15, 0.2) is 11.6 Å². The highest BCUT2D eigenvalue weighted by atomic mass is 32.2.